The van der Waals surface area contributed by atoms with Crippen LogP contribution in [0.15, 0.2) is 97.2 Å². The number of benzene rings is 4. The summed E-state index contributed by atoms with van der Waals surface area (Å²) in [6, 6.07) is 26.8. The SMILES string of the molecule is Cl.Cn1ncc2cc(N(C(=O)c3cc(-c4cc(F)ccc4C(=O)N4Cc5ccccc5C[C@H]4CN4CCOCC4)n4c3CCCC4)c3ccc(O)cc3)ccc21. The van der Waals surface area contributed by atoms with E-state index in [1.807, 2.05) is 42.3 Å². The number of rotatable bonds is 7. The highest BCUT2D eigenvalue weighted by atomic mass is 35.5. The average Bonchev–Trinajstić information content (AvgIpc) is 3.79. The van der Waals surface area contributed by atoms with E-state index in [-0.39, 0.29) is 36.0 Å². The van der Waals surface area contributed by atoms with E-state index in [0.717, 1.165) is 61.1 Å². The van der Waals surface area contributed by atoms with Gasteiger partial charge in [0.2, 0.25) is 0 Å². The molecular formula is C44H44ClFN6O4. The Hall–Kier alpha value is -5.49. The van der Waals surface area contributed by atoms with Crippen molar-refractivity contribution in [3.8, 4) is 17.0 Å². The number of carbonyl (C=O) groups excluding carboxylic acids is 2. The topological polar surface area (TPSA) is 96.1 Å². The quantitative estimate of drug-likeness (QED) is 0.180. The van der Waals surface area contributed by atoms with Crippen LogP contribution >= 0.6 is 12.4 Å². The Labute approximate surface area is 331 Å². The number of nitrogens with zero attached hydrogens (tertiary/aromatic N) is 6. The number of phenols is 1. The van der Waals surface area contributed by atoms with Crippen LogP contribution in [0.5, 0.6) is 5.75 Å². The molecule has 10 nitrogen and oxygen atoms in total. The molecule has 0 spiro atoms. The van der Waals surface area contributed by atoms with Gasteiger partial charge in [0.1, 0.15) is 11.6 Å². The van der Waals surface area contributed by atoms with E-state index in [4.69, 9.17) is 4.74 Å². The molecular weight excluding hydrogens is 731 g/mol. The zero-order valence-corrected chi connectivity index (χ0v) is 32.1. The molecule has 3 aliphatic rings. The normalized spacial score (nSPS) is 16.9. The lowest BCUT2D eigenvalue weighted by atomic mass is 9.92. The maximum Gasteiger partial charge on any atom is 0.264 e. The fourth-order valence-electron chi connectivity index (χ4n) is 8.62. The van der Waals surface area contributed by atoms with Gasteiger partial charge in [-0.3, -0.25) is 24.1 Å². The van der Waals surface area contributed by atoms with E-state index < -0.39 is 5.82 Å². The fourth-order valence-corrected chi connectivity index (χ4v) is 8.62. The molecule has 1 N–H and O–H groups in total. The first kappa shape index (κ1) is 37.4. The van der Waals surface area contributed by atoms with Crippen molar-refractivity contribution in [3.05, 3.63) is 131 Å². The monoisotopic (exact) mass is 774 g/mol. The van der Waals surface area contributed by atoms with Crippen LogP contribution in [0.3, 0.4) is 0 Å². The first-order valence-corrected chi connectivity index (χ1v) is 19.1. The molecule has 288 valence electrons. The molecule has 0 unspecified atom stereocenters. The van der Waals surface area contributed by atoms with Gasteiger partial charge in [-0.1, -0.05) is 24.3 Å². The van der Waals surface area contributed by atoms with Crippen molar-refractivity contribution in [1.29, 1.82) is 0 Å². The number of carbonyl (C=O) groups is 2. The zero-order chi connectivity index (χ0) is 37.6. The summed E-state index contributed by atoms with van der Waals surface area (Å²) < 4.78 is 24.9. The van der Waals surface area contributed by atoms with E-state index in [1.54, 1.807) is 46.1 Å². The Morgan fingerprint density at radius 3 is 2.46 bits per heavy atom. The lowest BCUT2D eigenvalue weighted by Gasteiger charge is -2.40. The van der Waals surface area contributed by atoms with Crippen molar-refractivity contribution >= 4 is 46.5 Å². The maximum absolute atomic E-state index is 15.4. The summed E-state index contributed by atoms with van der Waals surface area (Å²) in [7, 11) is 1.87. The summed E-state index contributed by atoms with van der Waals surface area (Å²) >= 11 is 0. The van der Waals surface area contributed by atoms with Crippen molar-refractivity contribution in [2.75, 3.05) is 37.7 Å². The fraction of sp³-hybridized carbons (Fsp3) is 0.295. The van der Waals surface area contributed by atoms with Crippen LogP contribution in [0.1, 0.15) is 50.4 Å². The number of hydrogen-bond acceptors (Lipinski definition) is 6. The van der Waals surface area contributed by atoms with Crippen LogP contribution in [-0.2, 0) is 37.7 Å². The van der Waals surface area contributed by atoms with Crippen LogP contribution in [0, 0.1) is 5.82 Å². The molecule has 2 aromatic heterocycles. The summed E-state index contributed by atoms with van der Waals surface area (Å²) in [5, 5.41) is 15.4. The van der Waals surface area contributed by atoms with Crippen molar-refractivity contribution in [2.45, 2.75) is 44.8 Å². The van der Waals surface area contributed by atoms with Crippen LogP contribution < -0.4 is 4.90 Å². The van der Waals surface area contributed by atoms with Gasteiger partial charge in [0.15, 0.2) is 0 Å². The standard InChI is InChI=1S/C44H43FN6O4.ClH/c1-47-40-16-12-34(23-31(40)26-46-47)51(33-10-13-36(52)14-11-33)44(54)39-25-42(49-17-5-4-8-41(39)49)38-24-32(45)9-15-37(38)43(53)50-27-30-7-3-2-6-29(30)22-35(50)28-48-18-20-55-21-19-48;/h2-3,6-7,9-16,23-26,35,52H,4-5,8,17-22,27-28H2,1H3;1H/t35-;/m0./s1. The number of morpholine rings is 1. The Bertz CT molecular complexity index is 2420. The second-order valence-electron chi connectivity index (χ2n) is 14.8. The molecule has 12 heteroatoms. The van der Waals surface area contributed by atoms with E-state index in [0.29, 0.717) is 66.5 Å². The van der Waals surface area contributed by atoms with Gasteiger partial charge in [-0.2, -0.15) is 5.10 Å². The van der Waals surface area contributed by atoms with Crippen molar-refractivity contribution in [1.82, 2.24) is 24.1 Å². The highest BCUT2D eigenvalue weighted by Gasteiger charge is 2.35. The lowest BCUT2D eigenvalue weighted by molar-refractivity contribution is 0.0193. The van der Waals surface area contributed by atoms with Crippen LogP contribution in [0.4, 0.5) is 15.8 Å². The third kappa shape index (κ3) is 6.95. The number of amides is 2. The molecule has 5 heterocycles. The highest BCUT2D eigenvalue weighted by Crippen LogP contribution is 2.38. The second-order valence-corrected chi connectivity index (χ2v) is 14.8. The molecule has 1 saturated heterocycles. The molecule has 0 bridgehead atoms. The Balaban J connectivity index is 0.00000441. The average molecular weight is 775 g/mol. The number of aromatic hydroxyl groups is 1. The second kappa shape index (κ2) is 15.6. The maximum atomic E-state index is 15.4. The number of phenolic OH excluding ortho intramolecular Hbond substituents is 1. The molecule has 0 saturated carbocycles. The first-order valence-electron chi connectivity index (χ1n) is 19.1. The van der Waals surface area contributed by atoms with Gasteiger partial charge in [0, 0.05) is 79.4 Å². The number of aromatic nitrogens is 3. The third-order valence-electron chi connectivity index (χ3n) is 11.5. The number of hydrogen-bond donors (Lipinski definition) is 1. The molecule has 6 aromatic rings. The number of ether oxygens (including phenoxy) is 1. The summed E-state index contributed by atoms with van der Waals surface area (Å²) in [5.74, 6) is -0.768. The number of anilines is 2. The largest absolute Gasteiger partial charge is 0.508 e. The Morgan fingerprint density at radius 1 is 0.893 bits per heavy atom. The van der Waals surface area contributed by atoms with Gasteiger partial charge < -0.3 is 19.3 Å². The third-order valence-corrected chi connectivity index (χ3v) is 11.5. The predicted molar refractivity (Wildman–Crippen MR) is 216 cm³/mol. The zero-order valence-electron chi connectivity index (χ0n) is 31.2. The number of aryl methyl sites for hydroxylation is 1. The molecule has 0 radical (unpaired) electrons. The summed E-state index contributed by atoms with van der Waals surface area (Å²) in [6.45, 7) is 4.78. The molecule has 0 aliphatic carbocycles. The van der Waals surface area contributed by atoms with Gasteiger partial charge in [-0.25, -0.2) is 4.39 Å². The van der Waals surface area contributed by atoms with Crippen LogP contribution in [-0.4, -0.2) is 80.0 Å². The number of halogens is 2. The Kier molecular flexibility index (Phi) is 10.4. The molecule has 9 rings (SSSR count). The minimum Gasteiger partial charge on any atom is -0.508 e. The van der Waals surface area contributed by atoms with E-state index in [1.165, 1.54) is 17.7 Å². The smallest absolute Gasteiger partial charge is 0.264 e. The molecule has 4 aromatic carbocycles. The van der Waals surface area contributed by atoms with E-state index >= 15 is 9.18 Å². The van der Waals surface area contributed by atoms with Crippen molar-refractivity contribution in [3.63, 3.8) is 0 Å². The van der Waals surface area contributed by atoms with Crippen LogP contribution in [0.2, 0.25) is 0 Å². The predicted octanol–water partition coefficient (Wildman–Crippen LogP) is 7.52. The van der Waals surface area contributed by atoms with Gasteiger partial charge in [-0.15, -0.1) is 12.4 Å². The minimum absolute atomic E-state index is 0. The van der Waals surface area contributed by atoms with Gasteiger partial charge in [0.05, 0.1) is 36.2 Å². The molecule has 2 amide bonds. The summed E-state index contributed by atoms with van der Waals surface area (Å²) in [5.41, 5.74) is 7.41. The summed E-state index contributed by atoms with van der Waals surface area (Å²) in [4.78, 5) is 36.0. The van der Waals surface area contributed by atoms with E-state index in [2.05, 4.69) is 32.8 Å². The molecule has 1 atom stereocenters. The van der Waals surface area contributed by atoms with Gasteiger partial charge in [0.25, 0.3) is 11.8 Å². The minimum atomic E-state index is -0.449. The van der Waals surface area contributed by atoms with Gasteiger partial charge >= 0.3 is 0 Å². The molecule has 3 aliphatic heterocycles. The van der Waals surface area contributed by atoms with E-state index in [9.17, 15) is 9.90 Å². The molecule has 56 heavy (non-hydrogen) atoms. The highest BCUT2D eigenvalue weighted by molar-refractivity contribution is 6.13. The summed E-state index contributed by atoms with van der Waals surface area (Å²) in [6.07, 6.45) is 4.95. The Morgan fingerprint density at radius 2 is 1.66 bits per heavy atom. The van der Waals surface area contributed by atoms with Gasteiger partial charge in [-0.05, 0) is 104 Å². The van der Waals surface area contributed by atoms with Crippen LogP contribution in [0.25, 0.3) is 22.2 Å². The molecule has 1 fully saturated rings. The van der Waals surface area contributed by atoms with Crippen molar-refractivity contribution < 1.29 is 23.8 Å². The lowest BCUT2D eigenvalue weighted by Crippen LogP contribution is -2.52. The van der Waals surface area contributed by atoms with Crippen molar-refractivity contribution in [2.24, 2.45) is 7.05 Å². The first-order chi connectivity index (χ1) is 26.8. The number of fused-ring (bicyclic) bond motifs is 3.